The van der Waals surface area contributed by atoms with Crippen LogP contribution in [-0.4, -0.2) is 18.6 Å². The SMILES string of the molecule is CSCC(C)CNCc1cccc(Oc2ccccc2)c1. The van der Waals surface area contributed by atoms with Gasteiger partial charge in [-0.1, -0.05) is 37.3 Å². The second kappa shape index (κ2) is 8.75. The lowest BCUT2D eigenvalue weighted by atomic mass is 10.2. The van der Waals surface area contributed by atoms with E-state index in [4.69, 9.17) is 4.74 Å². The van der Waals surface area contributed by atoms with Crippen molar-refractivity contribution in [2.45, 2.75) is 13.5 Å². The van der Waals surface area contributed by atoms with Crippen LogP contribution in [-0.2, 0) is 6.54 Å². The van der Waals surface area contributed by atoms with Gasteiger partial charge in [0.25, 0.3) is 0 Å². The maximum absolute atomic E-state index is 5.85. The zero-order valence-electron chi connectivity index (χ0n) is 12.7. The normalized spacial score (nSPS) is 12.1. The van der Waals surface area contributed by atoms with Gasteiger partial charge in [0.05, 0.1) is 0 Å². The highest BCUT2D eigenvalue weighted by atomic mass is 32.2. The molecule has 112 valence electrons. The van der Waals surface area contributed by atoms with Gasteiger partial charge in [0.1, 0.15) is 11.5 Å². The summed E-state index contributed by atoms with van der Waals surface area (Å²) >= 11 is 1.90. The lowest BCUT2D eigenvalue weighted by Gasteiger charge is -2.12. The van der Waals surface area contributed by atoms with Gasteiger partial charge in [0.15, 0.2) is 0 Å². The molecule has 1 atom stereocenters. The van der Waals surface area contributed by atoms with Gasteiger partial charge in [0, 0.05) is 6.54 Å². The summed E-state index contributed by atoms with van der Waals surface area (Å²) in [7, 11) is 0. The van der Waals surface area contributed by atoms with Crippen LogP contribution in [0.4, 0.5) is 0 Å². The van der Waals surface area contributed by atoms with E-state index in [1.54, 1.807) is 0 Å². The first-order valence-corrected chi connectivity index (χ1v) is 8.69. The minimum absolute atomic E-state index is 0.698. The Balaban J connectivity index is 1.86. The summed E-state index contributed by atoms with van der Waals surface area (Å²) < 4.78 is 5.85. The van der Waals surface area contributed by atoms with Crippen LogP contribution in [0.3, 0.4) is 0 Å². The molecule has 0 aromatic heterocycles. The molecule has 3 heteroatoms. The molecule has 0 amide bonds. The maximum atomic E-state index is 5.85. The fourth-order valence-corrected chi connectivity index (χ4v) is 2.84. The van der Waals surface area contributed by atoms with Crippen LogP contribution in [0, 0.1) is 5.92 Å². The van der Waals surface area contributed by atoms with Crippen molar-refractivity contribution >= 4 is 11.8 Å². The van der Waals surface area contributed by atoms with Crippen LogP contribution in [0.1, 0.15) is 12.5 Å². The van der Waals surface area contributed by atoms with E-state index >= 15 is 0 Å². The molecule has 0 aliphatic heterocycles. The molecule has 0 radical (unpaired) electrons. The molecule has 0 heterocycles. The number of benzene rings is 2. The molecule has 2 rings (SSSR count). The van der Waals surface area contributed by atoms with E-state index in [0.717, 1.165) is 24.6 Å². The van der Waals surface area contributed by atoms with Crippen LogP contribution in [0.5, 0.6) is 11.5 Å². The fraction of sp³-hybridized carbons (Fsp3) is 0.333. The highest BCUT2D eigenvalue weighted by Crippen LogP contribution is 2.21. The van der Waals surface area contributed by atoms with E-state index in [0.29, 0.717) is 5.92 Å². The largest absolute Gasteiger partial charge is 0.457 e. The average Bonchev–Trinajstić information content (AvgIpc) is 2.49. The number of hydrogen-bond acceptors (Lipinski definition) is 3. The van der Waals surface area contributed by atoms with Gasteiger partial charge in [-0.15, -0.1) is 0 Å². The van der Waals surface area contributed by atoms with E-state index < -0.39 is 0 Å². The summed E-state index contributed by atoms with van der Waals surface area (Å²) in [5.41, 5.74) is 1.25. The molecule has 0 spiro atoms. The van der Waals surface area contributed by atoms with Crippen molar-refractivity contribution in [2.24, 2.45) is 5.92 Å². The van der Waals surface area contributed by atoms with Crippen molar-refractivity contribution in [2.75, 3.05) is 18.6 Å². The molecule has 0 saturated carbocycles. The molecule has 0 saturated heterocycles. The van der Waals surface area contributed by atoms with Crippen LogP contribution in [0.25, 0.3) is 0 Å². The summed E-state index contributed by atoms with van der Waals surface area (Å²) in [5.74, 6) is 3.65. The summed E-state index contributed by atoms with van der Waals surface area (Å²) in [6, 6.07) is 18.1. The van der Waals surface area contributed by atoms with E-state index in [9.17, 15) is 0 Å². The van der Waals surface area contributed by atoms with Gasteiger partial charge >= 0.3 is 0 Å². The minimum atomic E-state index is 0.698. The number of rotatable bonds is 8. The highest BCUT2D eigenvalue weighted by molar-refractivity contribution is 7.98. The zero-order valence-corrected chi connectivity index (χ0v) is 13.5. The Labute approximate surface area is 131 Å². The summed E-state index contributed by atoms with van der Waals surface area (Å²) in [6.45, 7) is 4.20. The Morgan fingerprint density at radius 3 is 2.57 bits per heavy atom. The molecule has 1 N–H and O–H groups in total. The van der Waals surface area contributed by atoms with Crippen molar-refractivity contribution in [3.05, 3.63) is 60.2 Å². The van der Waals surface area contributed by atoms with E-state index in [-0.39, 0.29) is 0 Å². The molecule has 1 unspecified atom stereocenters. The maximum Gasteiger partial charge on any atom is 0.127 e. The molecule has 2 nitrogen and oxygen atoms in total. The molecular formula is C18H23NOS. The first-order chi connectivity index (χ1) is 10.3. The Kier molecular flexibility index (Phi) is 6.64. The van der Waals surface area contributed by atoms with Crippen molar-refractivity contribution in [1.29, 1.82) is 0 Å². The summed E-state index contributed by atoms with van der Waals surface area (Å²) in [4.78, 5) is 0. The molecule has 2 aromatic carbocycles. The highest BCUT2D eigenvalue weighted by Gasteiger charge is 2.02. The Morgan fingerprint density at radius 2 is 1.81 bits per heavy atom. The molecule has 0 aliphatic carbocycles. The molecule has 2 aromatic rings. The first kappa shape index (κ1) is 15.9. The van der Waals surface area contributed by atoms with Gasteiger partial charge in [-0.3, -0.25) is 0 Å². The monoisotopic (exact) mass is 301 g/mol. The van der Waals surface area contributed by atoms with Crippen LogP contribution < -0.4 is 10.1 Å². The Bertz CT molecular complexity index is 530. The summed E-state index contributed by atoms with van der Waals surface area (Å²) in [5, 5.41) is 3.51. The predicted octanol–water partition coefficient (Wildman–Crippen LogP) is 4.57. The van der Waals surface area contributed by atoms with Crippen molar-refractivity contribution in [1.82, 2.24) is 5.32 Å². The van der Waals surface area contributed by atoms with Crippen LogP contribution in [0.15, 0.2) is 54.6 Å². The molecular weight excluding hydrogens is 278 g/mol. The fourth-order valence-electron chi connectivity index (χ4n) is 2.15. The number of hydrogen-bond donors (Lipinski definition) is 1. The smallest absolute Gasteiger partial charge is 0.127 e. The predicted molar refractivity (Wildman–Crippen MR) is 92.2 cm³/mol. The summed E-state index contributed by atoms with van der Waals surface area (Å²) in [6.07, 6.45) is 2.15. The number of ether oxygens (including phenoxy) is 1. The quantitative estimate of drug-likeness (QED) is 0.772. The number of thioether (sulfide) groups is 1. The second-order valence-corrected chi connectivity index (χ2v) is 6.16. The van der Waals surface area contributed by atoms with E-state index in [1.165, 1.54) is 11.3 Å². The van der Waals surface area contributed by atoms with Gasteiger partial charge in [-0.2, -0.15) is 11.8 Å². The number of para-hydroxylation sites is 1. The number of nitrogens with one attached hydrogen (secondary N) is 1. The van der Waals surface area contributed by atoms with Gasteiger partial charge < -0.3 is 10.1 Å². The second-order valence-electron chi connectivity index (χ2n) is 5.25. The van der Waals surface area contributed by atoms with Crippen LogP contribution >= 0.6 is 11.8 Å². The van der Waals surface area contributed by atoms with Crippen molar-refractivity contribution in [3.8, 4) is 11.5 Å². The van der Waals surface area contributed by atoms with Gasteiger partial charge in [0.2, 0.25) is 0 Å². The third-order valence-electron chi connectivity index (χ3n) is 3.15. The van der Waals surface area contributed by atoms with Crippen molar-refractivity contribution < 1.29 is 4.74 Å². The van der Waals surface area contributed by atoms with Gasteiger partial charge in [-0.05, 0) is 54.3 Å². The lowest BCUT2D eigenvalue weighted by molar-refractivity contribution is 0.481. The topological polar surface area (TPSA) is 21.3 Å². The Hall–Kier alpha value is -1.45. The molecule has 0 bridgehead atoms. The molecule has 0 aliphatic rings. The van der Waals surface area contributed by atoms with Crippen molar-refractivity contribution in [3.63, 3.8) is 0 Å². The van der Waals surface area contributed by atoms with Crippen LogP contribution in [0.2, 0.25) is 0 Å². The molecule has 0 fully saturated rings. The minimum Gasteiger partial charge on any atom is -0.457 e. The average molecular weight is 301 g/mol. The third-order valence-corrected chi connectivity index (χ3v) is 4.05. The van der Waals surface area contributed by atoms with E-state index in [1.807, 2.05) is 54.2 Å². The lowest BCUT2D eigenvalue weighted by Crippen LogP contribution is -2.21. The first-order valence-electron chi connectivity index (χ1n) is 7.29. The molecule has 21 heavy (non-hydrogen) atoms. The third kappa shape index (κ3) is 5.82. The van der Waals surface area contributed by atoms with E-state index in [2.05, 4.69) is 30.6 Å². The zero-order chi connectivity index (χ0) is 14.9. The van der Waals surface area contributed by atoms with Gasteiger partial charge in [-0.25, -0.2) is 0 Å². The standard InChI is InChI=1S/C18H23NOS/c1-15(14-21-2)12-19-13-16-7-6-10-18(11-16)20-17-8-4-3-5-9-17/h3-11,15,19H,12-14H2,1-2H3. The Morgan fingerprint density at radius 1 is 1.05 bits per heavy atom.